The molecule has 1 aliphatic heterocycles. The van der Waals surface area contributed by atoms with E-state index in [1.807, 2.05) is 6.92 Å². The van der Waals surface area contributed by atoms with Gasteiger partial charge in [-0.05, 0) is 32.6 Å². The van der Waals surface area contributed by atoms with Crippen molar-refractivity contribution in [1.82, 2.24) is 14.8 Å². The lowest BCUT2D eigenvalue weighted by Crippen LogP contribution is -2.21. The van der Waals surface area contributed by atoms with Crippen LogP contribution in [0.1, 0.15) is 38.4 Å². The van der Waals surface area contributed by atoms with Crippen molar-refractivity contribution >= 4 is 10.0 Å². The number of hydrogen-bond donors (Lipinski definition) is 1. The molecule has 1 saturated heterocycles. The monoisotopic (exact) mass is 288 g/mol. The highest BCUT2D eigenvalue weighted by atomic mass is 32.2. The molecule has 1 aliphatic rings. The van der Waals surface area contributed by atoms with Crippen LogP contribution in [0, 0.1) is 0 Å². The quantitative estimate of drug-likeness (QED) is 0.847. The second kappa shape index (κ2) is 5.98. The third-order valence-electron chi connectivity index (χ3n) is 3.33. The zero-order chi connectivity index (χ0) is 13.9. The maximum Gasteiger partial charge on any atom is 0.273 e. The Kier molecular flexibility index (Phi) is 4.54. The molecule has 0 spiro atoms. The highest BCUT2D eigenvalue weighted by Gasteiger charge is 2.21. The van der Waals surface area contributed by atoms with Crippen molar-refractivity contribution < 1.29 is 13.2 Å². The van der Waals surface area contributed by atoms with Crippen LogP contribution in [0.5, 0.6) is 0 Å². The van der Waals surface area contributed by atoms with E-state index in [-0.39, 0.29) is 11.3 Å². The average Bonchev–Trinajstić information content (AvgIpc) is 2.80. The minimum Gasteiger partial charge on any atom is -0.378 e. The predicted molar refractivity (Wildman–Crippen MR) is 69.0 cm³/mol. The van der Waals surface area contributed by atoms with Crippen molar-refractivity contribution in [1.29, 1.82) is 0 Å². The molecule has 2 heterocycles. The van der Waals surface area contributed by atoms with Crippen LogP contribution >= 0.6 is 0 Å². The molecule has 0 aliphatic carbocycles. The summed E-state index contributed by atoms with van der Waals surface area (Å²) in [5.41, 5.74) is 0. The van der Waals surface area contributed by atoms with Crippen LogP contribution in [0.3, 0.4) is 0 Å². The van der Waals surface area contributed by atoms with Crippen molar-refractivity contribution in [2.24, 2.45) is 5.14 Å². The second-order valence-electron chi connectivity index (χ2n) is 4.72. The van der Waals surface area contributed by atoms with Gasteiger partial charge in [-0.15, -0.1) is 10.2 Å². The number of rotatable bonds is 5. The van der Waals surface area contributed by atoms with Gasteiger partial charge in [0.2, 0.25) is 0 Å². The Hall–Kier alpha value is -0.990. The Labute approximate surface area is 113 Å². The topological polar surface area (TPSA) is 100 Å². The van der Waals surface area contributed by atoms with Crippen LogP contribution in [0.2, 0.25) is 0 Å². The van der Waals surface area contributed by atoms with Crippen LogP contribution in [0.15, 0.2) is 5.16 Å². The van der Waals surface area contributed by atoms with Crippen molar-refractivity contribution in [3.8, 4) is 0 Å². The molecule has 19 heavy (non-hydrogen) atoms. The first-order valence-electron chi connectivity index (χ1n) is 6.59. The van der Waals surface area contributed by atoms with E-state index in [1.54, 1.807) is 4.57 Å². The number of nitrogens with zero attached hydrogens (tertiary/aromatic N) is 3. The number of ether oxygens (including phenoxy) is 1. The molecule has 0 radical (unpaired) electrons. The molecule has 2 rings (SSSR count). The number of aryl methyl sites for hydroxylation is 1. The van der Waals surface area contributed by atoms with E-state index in [4.69, 9.17) is 9.88 Å². The molecule has 108 valence electrons. The fraction of sp³-hybridized carbons (Fsp3) is 0.818. The van der Waals surface area contributed by atoms with Gasteiger partial charge in [-0.3, -0.25) is 0 Å². The molecule has 1 fully saturated rings. The Morgan fingerprint density at radius 2 is 2.21 bits per heavy atom. The summed E-state index contributed by atoms with van der Waals surface area (Å²) >= 11 is 0. The molecule has 0 aromatic carbocycles. The lowest BCUT2D eigenvalue weighted by Gasteiger charge is -2.22. The molecule has 1 aromatic heterocycles. The highest BCUT2D eigenvalue weighted by Crippen LogP contribution is 2.18. The fourth-order valence-electron chi connectivity index (χ4n) is 2.36. The van der Waals surface area contributed by atoms with Crippen LogP contribution in [-0.4, -0.2) is 35.9 Å². The molecule has 2 N–H and O–H groups in total. The molecular formula is C11H20N4O3S. The lowest BCUT2D eigenvalue weighted by atomic mass is 10.0. The third kappa shape index (κ3) is 3.52. The molecule has 7 nitrogen and oxygen atoms in total. The maximum absolute atomic E-state index is 11.4. The fourth-order valence-corrected chi connectivity index (χ4v) is 3.05. The summed E-state index contributed by atoms with van der Waals surface area (Å²) in [6, 6.07) is 0. The third-order valence-corrected chi connectivity index (χ3v) is 4.14. The van der Waals surface area contributed by atoms with Crippen LogP contribution in [0.25, 0.3) is 0 Å². The van der Waals surface area contributed by atoms with Gasteiger partial charge in [0, 0.05) is 19.6 Å². The summed E-state index contributed by atoms with van der Waals surface area (Å²) in [5, 5.41) is 12.6. The molecule has 1 aromatic rings. The zero-order valence-corrected chi connectivity index (χ0v) is 11.9. The van der Waals surface area contributed by atoms with Gasteiger partial charge in [-0.1, -0.05) is 0 Å². The lowest BCUT2D eigenvalue weighted by molar-refractivity contribution is 0.0111. The molecule has 8 heteroatoms. The first-order chi connectivity index (χ1) is 9.02. The molecule has 1 atom stereocenters. The molecular weight excluding hydrogens is 268 g/mol. The Balaban J connectivity index is 2.06. The minimum absolute atomic E-state index is 0.158. The Morgan fingerprint density at radius 3 is 2.79 bits per heavy atom. The Morgan fingerprint density at radius 1 is 1.42 bits per heavy atom. The van der Waals surface area contributed by atoms with E-state index in [0.29, 0.717) is 18.8 Å². The molecule has 0 saturated carbocycles. The van der Waals surface area contributed by atoms with E-state index in [2.05, 4.69) is 10.2 Å². The average molecular weight is 288 g/mol. The molecule has 1 unspecified atom stereocenters. The van der Waals surface area contributed by atoms with E-state index in [0.717, 1.165) is 25.9 Å². The van der Waals surface area contributed by atoms with Gasteiger partial charge in [-0.25, -0.2) is 13.6 Å². The van der Waals surface area contributed by atoms with Crippen molar-refractivity contribution in [2.45, 2.75) is 56.8 Å². The van der Waals surface area contributed by atoms with Gasteiger partial charge in [0.25, 0.3) is 15.2 Å². The van der Waals surface area contributed by atoms with Crippen LogP contribution in [0.4, 0.5) is 0 Å². The van der Waals surface area contributed by atoms with Gasteiger partial charge in [-0.2, -0.15) is 0 Å². The maximum atomic E-state index is 11.4. The van der Waals surface area contributed by atoms with E-state index >= 15 is 0 Å². The van der Waals surface area contributed by atoms with E-state index < -0.39 is 10.0 Å². The zero-order valence-electron chi connectivity index (χ0n) is 11.1. The largest absolute Gasteiger partial charge is 0.378 e. The van der Waals surface area contributed by atoms with Gasteiger partial charge in [0.05, 0.1) is 6.10 Å². The summed E-state index contributed by atoms with van der Waals surface area (Å²) in [7, 11) is -3.81. The summed E-state index contributed by atoms with van der Waals surface area (Å²) in [6.45, 7) is 3.14. The number of aromatic nitrogens is 3. The van der Waals surface area contributed by atoms with Crippen LogP contribution < -0.4 is 5.14 Å². The van der Waals surface area contributed by atoms with Crippen molar-refractivity contribution in [3.63, 3.8) is 0 Å². The number of primary sulfonamides is 1. The van der Waals surface area contributed by atoms with Crippen molar-refractivity contribution in [3.05, 3.63) is 5.82 Å². The van der Waals surface area contributed by atoms with Gasteiger partial charge >= 0.3 is 0 Å². The number of nitrogens with two attached hydrogens (primary N) is 1. The smallest absolute Gasteiger partial charge is 0.273 e. The Bertz CT molecular complexity index is 520. The first kappa shape index (κ1) is 14.4. The van der Waals surface area contributed by atoms with Gasteiger partial charge in [0.1, 0.15) is 5.82 Å². The first-order valence-corrected chi connectivity index (χ1v) is 8.13. The van der Waals surface area contributed by atoms with E-state index in [9.17, 15) is 8.42 Å². The van der Waals surface area contributed by atoms with Gasteiger partial charge in [0.15, 0.2) is 0 Å². The second-order valence-corrected chi connectivity index (χ2v) is 6.17. The van der Waals surface area contributed by atoms with Crippen LogP contribution in [-0.2, 0) is 27.7 Å². The number of sulfonamides is 1. The highest BCUT2D eigenvalue weighted by molar-refractivity contribution is 7.89. The predicted octanol–water partition coefficient (Wildman–Crippen LogP) is 0.447. The summed E-state index contributed by atoms with van der Waals surface area (Å²) in [5.74, 6) is 0.653. The SMILES string of the molecule is CCn1c(CCC2CCCCO2)nnc1S(N)(=O)=O. The molecule has 0 bridgehead atoms. The normalized spacial score (nSPS) is 20.6. The van der Waals surface area contributed by atoms with Crippen molar-refractivity contribution in [2.75, 3.05) is 6.61 Å². The molecule has 0 amide bonds. The van der Waals surface area contributed by atoms with Gasteiger partial charge < -0.3 is 9.30 Å². The summed E-state index contributed by atoms with van der Waals surface area (Å²) in [4.78, 5) is 0. The van der Waals surface area contributed by atoms with E-state index in [1.165, 1.54) is 6.42 Å². The minimum atomic E-state index is -3.81. The summed E-state index contributed by atoms with van der Waals surface area (Å²) < 4.78 is 29.9. The summed E-state index contributed by atoms with van der Waals surface area (Å²) in [6.07, 6.45) is 5.10. The number of hydrogen-bond acceptors (Lipinski definition) is 5. The standard InChI is InChI=1S/C11H20N4O3S/c1-2-15-10(13-14-11(15)19(12,16)17)7-6-9-5-3-4-8-18-9/h9H,2-8H2,1H3,(H2,12,16,17).